The van der Waals surface area contributed by atoms with Crippen molar-refractivity contribution >= 4 is 21.9 Å². The van der Waals surface area contributed by atoms with Crippen molar-refractivity contribution in [2.45, 2.75) is 37.4 Å². The molecular formula is C11H15BrO2. The van der Waals surface area contributed by atoms with E-state index in [0.717, 1.165) is 25.7 Å². The smallest absolute Gasteiger partial charge is 0.313 e. The topological polar surface area (TPSA) is 37.3 Å². The molecule has 0 aromatic heterocycles. The molecule has 1 N–H and O–H groups in total. The van der Waals surface area contributed by atoms with Gasteiger partial charge in [-0.15, -0.1) is 0 Å². The number of hydrogen-bond donors (Lipinski definition) is 1. The first-order valence-electron chi connectivity index (χ1n) is 5.08. The molecule has 0 aromatic rings. The first-order chi connectivity index (χ1) is 6.49. The molecule has 2 rings (SSSR count). The highest BCUT2D eigenvalue weighted by atomic mass is 79.9. The third-order valence-electron chi connectivity index (χ3n) is 3.35. The van der Waals surface area contributed by atoms with E-state index in [2.05, 4.69) is 15.9 Å². The Bertz CT molecular complexity index is 298. The maximum atomic E-state index is 11.1. The van der Waals surface area contributed by atoms with E-state index in [9.17, 15) is 4.79 Å². The number of fused-ring (bicyclic) bond motifs is 2. The van der Waals surface area contributed by atoms with Gasteiger partial charge in [0.15, 0.2) is 0 Å². The average molecular weight is 259 g/mol. The van der Waals surface area contributed by atoms with Crippen LogP contribution in [0.1, 0.15) is 32.6 Å². The second-order valence-electron chi connectivity index (χ2n) is 4.84. The lowest BCUT2D eigenvalue weighted by Crippen LogP contribution is -2.35. The molecule has 14 heavy (non-hydrogen) atoms. The summed E-state index contributed by atoms with van der Waals surface area (Å²) in [5, 5.41) is 9.16. The van der Waals surface area contributed by atoms with Crippen molar-refractivity contribution in [2.24, 2.45) is 11.3 Å². The number of carboxylic acid groups (broad SMARTS) is 1. The van der Waals surface area contributed by atoms with E-state index in [1.54, 1.807) is 0 Å². The van der Waals surface area contributed by atoms with E-state index in [1.807, 2.05) is 13.0 Å². The van der Waals surface area contributed by atoms with Crippen LogP contribution in [0.25, 0.3) is 0 Å². The Morgan fingerprint density at radius 3 is 2.93 bits per heavy atom. The highest BCUT2D eigenvalue weighted by Gasteiger charge is 2.40. The van der Waals surface area contributed by atoms with Crippen LogP contribution in [0.5, 0.6) is 0 Å². The highest BCUT2D eigenvalue weighted by Crippen LogP contribution is 2.45. The maximum Gasteiger partial charge on any atom is 0.313 e. The summed E-state index contributed by atoms with van der Waals surface area (Å²) >= 11 is 3.63. The summed E-state index contributed by atoms with van der Waals surface area (Å²) in [5.41, 5.74) is 0.727. The van der Waals surface area contributed by atoms with Crippen molar-refractivity contribution in [2.75, 3.05) is 0 Å². The second kappa shape index (κ2) is 3.37. The molecule has 0 heterocycles. The van der Waals surface area contributed by atoms with Gasteiger partial charge >= 0.3 is 5.97 Å². The maximum absolute atomic E-state index is 11.1. The molecule has 0 amide bonds. The zero-order valence-electron chi connectivity index (χ0n) is 8.29. The number of allylic oxidation sites excluding steroid dienone is 1. The van der Waals surface area contributed by atoms with Gasteiger partial charge in [-0.2, -0.15) is 0 Å². The summed E-state index contributed by atoms with van der Waals surface area (Å²) in [4.78, 5) is 11.7. The first kappa shape index (κ1) is 10.2. The van der Waals surface area contributed by atoms with E-state index in [0.29, 0.717) is 10.7 Å². The van der Waals surface area contributed by atoms with Crippen molar-refractivity contribution in [3.8, 4) is 0 Å². The molecule has 78 valence electrons. The van der Waals surface area contributed by atoms with Gasteiger partial charge in [0.05, 0.1) is 5.41 Å². The molecule has 1 saturated carbocycles. The number of carboxylic acids is 1. The van der Waals surface area contributed by atoms with Gasteiger partial charge in [0, 0.05) is 4.83 Å². The minimum Gasteiger partial charge on any atom is -0.481 e. The van der Waals surface area contributed by atoms with Gasteiger partial charge in [-0.25, -0.2) is 0 Å². The molecule has 2 aliphatic carbocycles. The van der Waals surface area contributed by atoms with Crippen molar-refractivity contribution < 1.29 is 9.90 Å². The normalized spacial score (nSPS) is 41.7. The lowest BCUT2D eigenvalue weighted by atomic mass is 9.68. The minimum atomic E-state index is -0.673. The molecule has 2 bridgehead atoms. The number of hydrogen-bond acceptors (Lipinski definition) is 1. The van der Waals surface area contributed by atoms with Crippen molar-refractivity contribution in [3.05, 3.63) is 11.6 Å². The fourth-order valence-electron chi connectivity index (χ4n) is 2.80. The van der Waals surface area contributed by atoms with Crippen LogP contribution in [0.3, 0.4) is 0 Å². The quantitative estimate of drug-likeness (QED) is 0.580. The van der Waals surface area contributed by atoms with Gasteiger partial charge < -0.3 is 5.11 Å². The Kier molecular flexibility index (Phi) is 2.46. The van der Waals surface area contributed by atoms with E-state index in [-0.39, 0.29) is 0 Å². The van der Waals surface area contributed by atoms with Crippen LogP contribution >= 0.6 is 15.9 Å². The molecule has 0 radical (unpaired) electrons. The number of rotatable bonds is 1. The fourth-order valence-corrected chi connectivity index (χ4v) is 3.74. The number of alkyl halides is 1. The minimum absolute atomic E-state index is 0.561. The summed E-state index contributed by atoms with van der Waals surface area (Å²) in [6.45, 7) is 1.84. The molecule has 3 atom stereocenters. The van der Waals surface area contributed by atoms with Gasteiger partial charge in [-0.1, -0.05) is 27.6 Å². The van der Waals surface area contributed by atoms with Crippen molar-refractivity contribution in [1.82, 2.24) is 0 Å². The van der Waals surface area contributed by atoms with Crippen LogP contribution in [-0.4, -0.2) is 15.9 Å². The number of aliphatic carboxylic acids is 1. The summed E-state index contributed by atoms with van der Waals surface area (Å²) in [5.74, 6) is -0.109. The fraction of sp³-hybridized carbons (Fsp3) is 0.727. The van der Waals surface area contributed by atoms with E-state index < -0.39 is 11.4 Å². The standard InChI is InChI=1S/C11H15BrO2/c1-11(10(13)14)5-7-2-8(6-11)4-9(12)3-7/h5,8-9H,2-4,6H2,1H3,(H,13,14). The third-order valence-corrected chi connectivity index (χ3v) is 4.05. The monoisotopic (exact) mass is 258 g/mol. The summed E-state index contributed by atoms with van der Waals surface area (Å²) in [7, 11) is 0. The largest absolute Gasteiger partial charge is 0.481 e. The zero-order valence-corrected chi connectivity index (χ0v) is 9.88. The van der Waals surface area contributed by atoms with E-state index >= 15 is 0 Å². The summed E-state index contributed by atoms with van der Waals surface area (Å²) in [6, 6.07) is 0. The highest BCUT2D eigenvalue weighted by molar-refractivity contribution is 9.09. The van der Waals surface area contributed by atoms with Crippen LogP contribution in [0.15, 0.2) is 11.6 Å². The Balaban J connectivity index is 2.28. The molecule has 2 nitrogen and oxygen atoms in total. The van der Waals surface area contributed by atoms with Gasteiger partial charge in [-0.05, 0) is 38.5 Å². The lowest BCUT2D eigenvalue weighted by molar-refractivity contribution is -0.146. The molecule has 1 fully saturated rings. The van der Waals surface area contributed by atoms with Gasteiger partial charge in [-0.3, -0.25) is 4.79 Å². The predicted octanol–water partition coefficient (Wildman–Crippen LogP) is 2.97. The molecule has 2 aliphatic rings. The van der Waals surface area contributed by atoms with Crippen molar-refractivity contribution in [3.63, 3.8) is 0 Å². The molecule has 3 unspecified atom stereocenters. The Labute approximate surface area is 92.5 Å². The van der Waals surface area contributed by atoms with Gasteiger partial charge in [0.1, 0.15) is 0 Å². The van der Waals surface area contributed by atoms with Crippen LogP contribution < -0.4 is 0 Å². The molecule has 0 aliphatic heterocycles. The summed E-state index contributed by atoms with van der Waals surface area (Å²) < 4.78 is 0. The van der Waals surface area contributed by atoms with Crippen LogP contribution in [0.4, 0.5) is 0 Å². The molecular weight excluding hydrogens is 244 g/mol. The first-order valence-corrected chi connectivity index (χ1v) is 5.99. The molecule has 0 aromatic carbocycles. The number of carbonyl (C=O) groups is 1. The van der Waals surface area contributed by atoms with Crippen LogP contribution in [-0.2, 0) is 4.79 Å². The third kappa shape index (κ3) is 1.74. The molecule has 0 saturated heterocycles. The lowest BCUT2D eigenvalue weighted by Gasteiger charge is -2.38. The van der Waals surface area contributed by atoms with E-state index in [1.165, 1.54) is 5.57 Å². The second-order valence-corrected chi connectivity index (χ2v) is 6.13. The molecule has 0 spiro atoms. The van der Waals surface area contributed by atoms with Crippen LogP contribution in [0, 0.1) is 11.3 Å². The Hall–Kier alpha value is -0.310. The summed E-state index contributed by atoms with van der Waals surface area (Å²) in [6.07, 6.45) is 6.05. The van der Waals surface area contributed by atoms with Gasteiger partial charge in [0.2, 0.25) is 0 Å². The SMILES string of the molecule is CC1(C(=O)O)C=C2CC(Br)CC(C2)C1. The average Bonchev–Trinajstić information content (AvgIpc) is 2.00. The van der Waals surface area contributed by atoms with E-state index in [4.69, 9.17) is 5.11 Å². The number of halogens is 1. The van der Waals surface area contributed by atoms with Gasteiger partial charge in [0.25, 0.3) is 0 Å². The molecule has 3 heteroatoms. The predicted molar refractivity (Wildman–Crippen MR) is 58.5 cm³/mol. The zero-order chi connectivity index (χ0) is 10.3. The van der Waals surface area contributed by atoms with Crippen LogP contribution in [0.2, 0.25) is 0 Å². The Morgan fingerprint density at radius 2 is 2.36 bits per heavy atom. The van der Waals surface area contributed by atoms with Crippen molar-refractivity contribution in [1.29, 1.82) is 0 Å². The Morgan fingerprint density at radius 1 is 1.64 bits per heavy atom.